The average molecular weight is 359 g/mol. The Morgan fingerprint density at radius 3 is 2.85 bits per heavy atom. The van der Waals surface area contributed by atoms with Gasteiger partial charge in [0.1, 0.15) is 6.07 Å². The zero-order valence-electron chi connectivity index (χ0n) is 14.9. The molecule has 2 N–H and O–H groups in total. The molecule has 0 bridgehead atoms. The van der Waals surface area contributed by atoms with E-state index in [0.717, 1.165) is 22.0 Å². The van der Waals surface area contributed by atoms with E-state index >= 15 is 0 Å². The van der Waals surface area contributed by atoms with E-state index in [9.17, 15) is 5.26 Å². The lowest BCUT2D eigenvalue weighted by atomic mass is 10.1. The number of nitriles is 1. The van der Waals surface area contributed by atoms with Crippen LogP contribution in [0.3, 0.4) is 0 Å². The summed E-state index contributed by atoms with van der Waals surface area (Å²) in [6.45, 7) is 2.43. The largest absolute Gasteiger partial charge is 0.493 e. The smallest absolute Gasteiger partial charge is 0.163 e. The Morgan fingerprint density at radius 1 is 1.19 bits per heavy atom. The number of hydrogen-bond donors (Lipinski definition) is 2. The number of pyridine rings is 1. The lowest BCUT2D eigenvalue weighted by Gasteiger charge is -2.15. The van der Waals surface area contributed by atoms with Crippen molar-refractivity contribution in [2.45, 2.75) is 6.92 Å². The van der Waals surface area contributed by atoms with E-state index in [4.69, 9.17) is 9.47 Å². The van der Waals surface area contributed by atoms with Gasteiger partial charge in [0.05, 0.1) is 42.2 Å². The minimum absolute atomic E-state index is 0.443. The van der Waals surface area contributed by atoms with Gasteiger partial charge in [-0.3, -0.25) is 10.1 Å². The second-order valence-corrected chi connectivity index (χ2v) is 5.91. The molecule has 7 heteroatoms. The van der Waals surface area contributed by atoms with E-state index in [2.05, 4.69) is 26.6 Å². The zero-order chi connectivity index (χ0) is 18.8. The maximum absolute atomic E-state index is 9.56. The van der Waals surface area contributed by atoms with Crippen molar-refractivity contribution in [1.29, 1.82) is 5.26 Å². The van der Waals surface area contributed by atoms with Crippen LogP contribution in [0.15, 0.2) is 42.7 Å². The summed E-state index contributed by atoms with van der Waals surface area (Å²) in [6.07, 6.45) is 3.32. The molecule has 0 unspecified atom stereocenters. The van der Waals surface area contributed by atoms with Crippen LogP contribution in [0, 0.1) is 11.3 Å². The summed E-state index contributed by atoms with van der Waals surface area (Å²) >= 11 is 0. The molecule has 4 rings (SSSR count). The van der Waals surface area contributed by atoms with Gasteiger partial charge in [-0.1, -0.05) is 0 Å². The summed E-state index contributed by atoms with van der Waals surface area (Å²) in [6, 6.07) is 11.7. The number of hydrogen-bond acceptors (Lipinski definition) is 6. The Kier molecular flexibility index (Phi) is 4.22. The van der Waals surface area contributed by atoms with Crippen LogP contribution in [0.5, 0.6) is 11.5 Å². The van der Waals surface area contributed by atoms with Gasteiger partial charge in [-0.25, -0.2) is 0 Å². The van der Waals surface area contributed by atoms with Gasteiger partial charge < -0.3 is 14.8 Å². The molecule has 7 nitrogen and oxygen atoms in total. The topological polar surface area (TPSA) is 95.9 Å². The Balaban J connectivity index is 1.87. The van der Waals surface area contributed by atoms with Crippen LogP contribution in [0.1, 0.15) is 12.5 Å². The summed E-state index contributed by atoms with van der Waals surface area (Å²) in [4.78, 5) is 4.40. The van der Waals surface area contributed by atoms with Crippen LogP contribution in [-0.2, 0) is 0 Å². The summed E-state index contributed by atoms with van der Waals surface area (Å²) in [5, 5.41) is 21.7. The second kappa shape index (κ2) is 6.84. The Bertz CT molecular complexity index is 1180. The highest BCUT2D eigenvalue weighted by Gasteiger charge is 2.14. The molecule has 2 heterocycles. The molecule has 0 saturated carbocycles. The Morgan fingerprint density at radius 2 is 2.07 bits per heavy atom. The van der Waals surface area contributed by atoms with Crippen molar-refractivity contribution in [1.82, 2.24) is 15.2 Å². The highest BCUT2D eigenvalue weighted by Crippen LogP contribution is 2.37. The number of aromatic nitrogens is 3. The molecule has 0 aliphatic carbocycles. The summed E-state index contributed by atoms with van der Waals surface area (Å²) < 4.78 is 11.1. The van der Waals surface area contributed by atoms with Crippen molar-refractivity contribution >= 4 is 33.2 Å². The first kappa shape index (κ1) is 16.7. The van der Waals surface area contributed by atoms with Gasteiger partial charge in [-0.15, -0.1) is 0 Å². The van der Waals surface area contributed by atoms with Gasteiger partial charge in [-0.05, 0) is 31.2 Å². The number of methoxy groups -OCH3 is 1. The van der Waals surface area contributed by atoms with Gasteiger partial charge in [0, 0.05) is 28.7 Å². The van der Waals surface area contributed by atoms with Crippen molar-refractivity contribution in [2.24, 2.45) is 0 Å². The van der Waals surface area contributed by atoms with Gasteiger partial charge in [-0.2, -0.15) is 10.4 Å². The van der Waals surface area contributed by atoms with Crippen LogP contribution in [0.2, 0.25) is 0 Å². The average Bonchev–Trinajstić information content (AvgIpc) is 3.16. The van der Waals surface area contributed by atoms with E-state index in [0.29, 0.717) is 34.9 Å². The number of fused-ring (bicyclic) bond motifs is 2. The normalized spacial score (nSPS) is 10.7. The molecule has 4 aromatic rings. The quantitative estimate of drug-likeness (QED) is 0.556. The molecule has 0 radical (unpaired) electrons. The van der Waals surface area contributed by atoms with Gasteiger partial charge in [0.25, 0.3) is 0 Å². The number of ether oxygens (including phenoxy) is 2. The molecule has 0 atom stereocenters. The van der Waals surface area contributed by atoms with E-state index < -0.39 is 0 Å². The van der Waals surface area contributed by atoms with E-state index in [1.165, 1.54) is 0 Å². The fraction of sp³-hybridized carbons (Fsp3) is 0.150. The molecular formula is C20H17N5O2. The third-order valence-corrected chi connectivity index (χ3v) is 4.28. The zero-order valence-corrected chi connectivity index (χ0v) is 14.9. The fourth-order valence-electron chi connectivity index (χ4n) is 3.01. The van der Waals surface area contributed by atoms with Gasteiger partial charge in [0.15, 0.2) is 11.5 Å². The predicted octanol–water partition coefficient (Wildman–Crippen LogP) is 4.13. The Labute approximate surface area is 155 Å². The van der Waals surface area contributed by atoms with Crippen LogP contribution in [0.4, 0.5) is 11.4 Å². The van der Waals surface area contributed by atoms with Gasteiger partial charge >= 0.3 is 0 Å². The second-order valence-electron chi connectivity index (χ2n) is 5.91. The van der Waals surface area contributed by atoms with Crippen molar-refractivity contribution in [3.05, 3.63) is 48.3 Å². The maximum atomic E-state index is 9.56. The number of anilines is 2. The maximum Gasteiger partial charge on any atom is 0.163 e. The lowest BCUT2D eigenvalue weighted by Crippen LogP contribution is -1.99. The van der Waals surface area contributed by atoms with E-state index in [1.54, 1.807) is 19.5 Å². The summed E-state index contributed by atoms with van der Waals surface area (Å²) in [5.74, 6) is 1.21. The highest BCUT2D eigenvalue weighted by atomic mass is 16.5. The molecule has 0 fully saturated rings. The fourth-order valence-corrected chi connectivity index (χ4v) is 3.01. The third-order valence-electron chi connectivity index (χ3n) is 4.28. The Hall–Kier alpha value is -3.79. The minimum Gasteiger partial charge on any atom is -0.493 e. The summed E-state index contributed by atoms with van der Waals surface area (Å²) in [5.41, 5.74) is 3.57. The lowest BCUT2D eigenvalue weighted by molar-refractivity contribution is 0.311. The van der Waals surface area contributed by atoms with Crippen molar-refractivity contribution < 1.29 is 9.47 Å². The molecular weight excluding hydrogens is 342 g/mol. The first-order valence-corrected chi connectivity index (χ1v) is 8.47. The first-order chi connectivity index (χ1) is 13.2. The molecule has 2 aromatic heterocycles. The van der Waals surface area contributed by atoms with Gasteiger partial charge in [0.2, 0.25) is 0 Å². The number of benzene rings is 2. The number of nitrogens with one attached hydrogen (secondary N) is 2. The third kappa shape index (κ3) is 2.98. The number of nitrogens with zero attached hydrogens (tertiary/aromatic N) is 3. The minimum atomic E-state index is 0.443. The SMILES string of the molecule is CCOc1cc2ncc(C#N)c(Nc3ccc4cn[nH]c4c3)c2cc1OC. The van der Waals surface area contributed by atoms with E-state index in [1.807, 2.05) is 37.3 Å². The highest BCUT2D eigenvalue weighted by molar-refractivity contribution is 5.98. The molecule has 0 saturated heterocycles. The monoisotopic (exact) mass is 359 g/mol. The molecule has 2 aromatic carbocycles. The van der Waals surface area contributed by atoms with E-state index in [-0.39, 0.29) is 0 Å². The molecule has 0 spiro atoms. The number of aromatic amines is 1. The molecule has 27 heavy (non-hydrogen) atoms. The molecule has 134 valence electrons. The van der Waals surface area contributed by atoms with Crippen molar-refractivity contribution in [3.8, 4) is 17.6 Å². The number of H-pyrrole nitrogens is 1. The number of rotatable bonds is 5. The van der Waals surface area contributed by atoms with Crippen molar-refractivity contribution in [2.75, 3.05) is 19.0 Å². The van der Waals surface area contributed by atoms with Crippen LogP contribution in [-0.4, -0.2) is 28.9 Å². The molecule has 0 amide bonds. The first-order valence-electron chi connectivity index (χ1n) is 8.47. The predicted molar refractivity (Wildman–Crippen MR) is 104 cm³/mol. The van der Waals surface area contributed by atoms with Crippen molar-refractivity contribution in [3.63, 3.8) is 0 Å². The van der Waals surface area contributed by atoms with Crippen LogP contribution < -0.4 is 14.8 Å². The van der Waals surface area contributed by atoms with Crippen LogP contribution in [0.25, 0.3) is 21.8 Å². The summed E-state index contributed by atoms with van der Waals surface area (Å²) in [7, 11) is 1.59. The standard InChI is InChI=1S/C20H17N5O2/c1-3-27-19-8-17-15(7-18(19)26-2)20(13(9-21)10-22-17)24-14-5-4-12-11-23-25-16(12)6-14/h4-8,10-11H,3H2,1-2H3,(H,22,24)(H,23,25). The molecule has 0 aliphatic heterocycles. The van der Waals surface area contributed by atoms with Crippen LogP contribution >= 0.6 is 0 Å². The molecule has 0 aliphatic rings.